The van der Waals surface area contributed by atoms with Crippen LogP contribution in [-0.2, 0) is 4.79 Å². The molecule has 0 saturated heterocycles. The number of carbonyl (C=O) groups excluding carboxylic acids is 1. The second-order valence-corrected chi connectivity index (χ2v) is 5.64. The first-order chi connectivity index (χ1) is 11.0. The fraction of sp³-hybridized carbons (Fsp3) is 0.412. The number of nitrogens with two attached hydrogens (primary N) is 1. The van der Waals surface area contributed by atoms with Crippen LogP contribution in [0.15, 0.2) is 30.0 Å². The molecule has 0 heterocycles. The molecular weight excluding hydrogens is 312 g/mol. The fourth-order valence-corrected chi connectivity index (χ4v) is 2.27. The molecule has 0 unspecified atom stereocenters. The fourth-order valence-electron chi connectivity index (χ4n) is 2.03. The van der Waals surface area contributed by atoms with E-state index in [1.807, 2.05) is 11.0 Å². The number of nitrogens with zero attached hydrogens (tertiary/aromatic N) is 2. The Labute approximate surface area is 142 Å². The molecule has 0 aliphatic heterocycles. The van der Waals surface area contributed by atoms with Gasteiger partial charge in [0.2, 0.25) is 0 Å². The Bertz CT molecular complexity index is 607. The van der Waals surface area contributed by atoms with Crippen molar-refractivity contribution in [1.29, 1.82) is 5.26 Å². The smallest absolute Gasteiger partial charge is 0.267 e. The van der Waals surface area contributed by atoms with Gasteiger partial charge in [-0.15, -0.1) is 0 Å². The minimum Gasteiger partial charge on any atom is -0.399 e. The number of carbonyl (C=O) groups is 1. The van der Waals surface area contributed by atoms with E-state index in [1.165, 1.54) is 0 Å². The number of amides is 1. The SMILES string of the molecule is CCCCN(/C=C(/C#N)C(=O)Nc1ccc(N)cc1Cl)CCC. The Morgan fingerprint density at radius 3 is 2.70 bits per heavy atom. The maximum absolute atomic E-state index is 12.3. The summed E-state index contributed by atoms with van der Waals surface area (Å²) < 4.78 is 0. The van der Waals surface area contributed by atoms with Crippen molar-refractivity contribution >= 4 is 28.9 Å². The molecule has 0 atom stereocenters. The van der Waals surface area contributed by atoms with Crippen molar-refractivity contribution in [3.05, 3.63) is 35.0 Å². The molecule has 124 valence electrons. The summed E-state index contributed by atoms with van der Waals surface area (Å²) in [6.07, 6.45) is 4.65. The van der Waals surface area contributed by atoms with Gasteiger partial charge in [0.25, 0.3) is 5.91 Å². The summed E-state index contributed by atoms with van der Waals surface area (Å²) in [5.41, 5.74) is 6.63. The molecule has 0 radical (unpaired) electrons. The molecule has 0 bridgehead atoms. The predicted octanol–water partition coefficient (Wildman–Crippen LogP) is 3.78. The van der Waals surface area contributed by atoms with Crippen LogP contribution in [0.1, 0.15) is 33.1 Å². The largest absolute Gasteiger partial charge is 0.399 e. The number of nitrogen functional groups attached to an aromatic ring is 1. The summed E-state index contributed by atoms with van der Waals surface area (Å²) in [6.45, 7) is 5.80. The van der Waals surface area contributed by atoms with Gasteiger partial charge in [0.05, 0.1) is 10.7 Å². The average Bonchev–Trinajstić information content (AvgIpc) is 2.52. The lowest BCUT2D eigenvalue weighted by molar-refractivity contribution is -0.112. The van der Waals surface area contributed by atoms with Crippen LogP contribution in [0.2, 0.25) is 5.02 Å². The Morgan fingerprint density at radius 2 is 2.13 bits per heavy atom. The zero-order valence-electron chi connectivity index (χ0n) is 13.6. The minimum absolute atomic E-state index is 0.0578. The number of rotatable bonds is 8. The number of anilines is 2. The average molecular weight is 335 g/mol. The van der Waals surface area contributed by atoms with Crippen molar-refractivity contribution in [3.63, 3.8) is 0 Å². The van der Waals surface area contributed by atoms with E-state index in [9.17, 15) is 10.1 Å². The minimum atomic E-state index is -0.475. The van der Waals surface area contributed by atoms with Crippen molar-refractivity contribution in [2.24, 2.45) is 0 Å². The van der Waals surface area contributed by atoms with E-state index < -0.39 is 5.91 Å². The molecule has 1 rings (SSSR count). The van der Waals surface area contributed by atoms with E-state index in [4.69, 9.17) is 17.3 Å². The van der Waals surface area contributed by atoms with Crippen molar-refractivity contribution in [1.82, 2.24) is 4.90 Å². The van der Waals surface area contributed by atoms with E-state index in [0.717, 1.165) is 32.4 Å². The van der Waals surface area contributed by atoms with Crippen LogP contribution in [-0.4, -0.2) is 23.9 Å². The highest BCUT2D eigenvalue weighted by Gasteiger charge is 2.13. The number of hydrogen-bond acceptors (Lipinski definition) is 4. The number of halogens is 1. The highest BCUT2D eigenvalue weighted by molar-refractivity contribution is 6.34. The third kappa shape index (κ3) is 6.21. The van der Waals surface area contributed by atoms with Crippen LogP contribution >= 0.6 is 11.6 Å². The van der Waals surface area contributed by atoms with Crippen molar-refractivity contribution in [2.75, 3.05) is 24.1 Å². The quantitative estimate of drug-likeness (QED) is 0.430. The molecule has 1 aromatic carbocycles. The molecule has 0 spiro atoms. The Balaban J connectivity index is 2.87. The highest BCUT2D eigenvalue weighted by atomic mass is 35.5. The monoisotopic (exact) mass is 334 g/mol. The van der Waals surface area contributed by atoms with Crippen molar-refractivity contribution in [2.45, 2.75) is 33.1 Å². The van der Waals surface area contributed by atoms with E-state index >= 15 is 0 Å². The van der Waals surface area contributed by atoms with Crippen LogP contribution in [0, 0.1) is 11.3 Å². The predicted molar refractivity (Wildman–Crippen MR) is 95.0 cm³/mol. The molecular formula is C17H23ClN4O. The van der Waals surface area contributed by atoms with Crippen LogP contribution in [0.3, 0.4) is 0 Å². The molecule has 0 aromatic heterocycles. The van der Waals surface area contributed by atoms with Gasteiger partial charge in [0.15, 0.2) is 0 Å². The second kappa shape index (κ2) is 9.75. The number of nitrogens with one attached hydrogen (secondary N) is 1. The van der Waals surface area contributed by atoms with Gasteiger partial charge in [-0.25, -0.2) is 0 Å². The van der Waals surface area contributed by atoms with Crippen LogP contribution in [0.4, 0.5) is 11.4 Å². The topological polar surface area (TPSA) is 82.2 Å². The van der Waals surface area contributed by atoms with Gasteiger partial charge in [0.1, 0.15) is 11.6 Å². The first-order valence-electron chi connectivity index (χ1n) is 7.74. The summed E-state index contributed by atoms with van der Waals surface area (Å²) in [5.74, 6) is -0.475. The van der Waals surface area contributed by atoms with E-state index in [-0.39, 0.29) is 5.57 Å². The molecule has 0 aliphatic carbocycles. The molecule has 3 N–H and O–H groups in total. The van der Waals surface area contributed by atoms with Gasteiger partial charge < -0.3 is 16.0 Å². The van der Waals surface area contributed by atoms with Crippen LogP contribution < -0.4 is 11.1 Å². The summed E-state index contributed by atoms with van der Waals surface area (Å²) in [5, 5.41) is 12.3. The van der Waals surface area contributed by atoms with Gasteiger partial charge in [-0.2, -0.15) is 5.26 Å². The number of hydrogen-bond donors (Lipinski definition) is 2. The van der Waals surface area contributed by atoms with Gasteiger partial charge in [-0.1, -0.05) is 31.9 Å². The van der Waals surface area contributed by atoms with Gasteiger partial charge in [-0.05, 0) is 31.0 Å². The van der Waals surface area contributed by atoms with Gasteiger partial charge in [0, 0.05) is 25.0 Å². The third-order valence-electron chi connectivity index (χ3n) is 3.23. The highest BCUT2D eigenvalue weighted by Crippen LogP contribution is 2.24. The summed E-state index contributed by atoms with van der Waals surface area (Å²) in [6, 6.07) is 6.77. The molecule has 1 aromatic rings. The Kier molecular flexibility index (Phi) is 8.00. The normalized spacial score (nSPS) is 11.0. The Morgan fingerprint density at radius 1 is 1.39 bits per heavy atom. The van der Waals surface area contributed by atoms with E-state index in [1.54, 1.807) is 24.4 Å². The van der Waals surface area contributed by atoms with Crippen LogP contribution in [0.25, 0.3) is 0 Å². The van der Waals surface area contributed by atoms with Crippen LogP contribution in [0.5, 0.6) is 0 Å². The van der Waals surface area contributed by atoms with E-state index in [0.29, 0.717) is 16.4 Å². The molecule has 1 amide bonds. The maximum Gasteiger partial charge on any atom is 0.267 e. The standard InChI is InChI=1S/C17H23ClN4O/c1-3-5-9-22(8-4-2)12-13(11-19)17(23)21-16-7-6-14(20)10-15(16)18/h6-7,10,12H,3-5,8-9,20H2,1-2H3,(H,21,23)/b13-12-. The maximum atomic E-state index is 12.3. The summed E-state index contributed by atoms with van der Waals surface area (Å²) >= 11 is 6.04. The second-order valence-electron chi connectivity index (χ2n) is 5.24. The van der Waals surface area contributed by atoms with Gasteiger partial charge in [-0.3, -0.25) is 4.79 Å². The first kappa shape index (κ1) is 18.9. The third-order valence-corrected chi connectivity index (χ3v) is 3.54. The lowest BCUT2D eigenvalue weighted by Crippen LogP contribution is -2.23. The zero-order valence-corrected chi connectivity index (χ0v) is 14.4. The molecule has 0 fully saturated rings. The summed E-state index contributed by atoms with van der Waals surface area (Å²) in [4.78, 5) is 14.3. The number of nitriles is 1. The van der Waals surface area contributed by atoms with Gasteiger partial charge >= 0.3 is 0 Å². The Hall–Kier alpha value is -2.19. The van der Waals surface area contributed by atoms with Crippen molar-refractivity contribution in [3.8, 4) is 6.07 Å². The molecule has 0 aliphatic rings. The first-order valence-corrected chi connectivity index (χ1v) is 8.11. The molecule has 23 heavy (non-hydrogen) atoms. The lowest BCUT2D eigenvalue weighted by atomic mass is 10.2. The number of unbranched alkanes of at least 4 members (excludes halogenated alkanes) is 1. The molecule has 0 saturated carbocycles. The van der Waals surface area contributed by atoms with E-state index in [2.05, 4.69) is 19.2 Å². The number of benzene rings is 1. The molecule has 5 nitrogen and oxygen atoms in total. The van der Waals surface area contributed by atoms with Crippen molar-refractivity contribution < 1.29 is 4.79 Å². The lowest BCUT2D eigenvalue weighted by Gasteiger charge is -2.19. The zero-order chi connectivity index (χ0) is 17.2. The molecule has 6 heteroatoms. The summed E-state index contributed by atoms with van der Waals surface area (Å²) in [7, 11) is 0.